The number of amides is 2. The molecule has 22 heavy (non-hydrogen) atoms. The Morgan fingerprint density at radius 2 is 2.09 bits per heavy atom. The lowest BCUT2D eigenvalue weighted by Crippen LogP contribution is -2.58. The summed E-state index contributed by atoms with van der Waals surface area (Å²) in [5.74, 6) is 0.791. The highest BCUT2D eigenvalue weighted by Crippen LogP contribution is 2.16. The molecule has 1 saturated heterocycles. The van der Waals surface area contributed by atoms with Gasteiger partial charge in [-0.1, -0.05) is 5.16 Å². The molecule has 1 atom stereocenters. The smallest absolute Gasteiger partial charge is 0.238 e. The Morgan fingerprint density at radius 3 is 2.68 bits per heavy atom. The van der Waals surface area contributed by atoms with Gasteiger partial charge in [0.1, 0.15) is 11.8 Å². The summed E-state index contributed by atoms with van der Waals surface area (Å²) in [7, 11) is 3.53. The van der Waals surface area contributed by atoms with Gasteiger partial charge in [-0.3, -0.25) is 14.5 Å². The molecular weight excluding hydrogens is 284 g/mol. The molecule has 7 heteroatoms. The molecule has 0 saturated carbocycles. The number of piperazine rings is 1. The Kier molecular flexibility index (Phi) is 5.18. The van der Waals surface area contributed by atoms with Crippen LogP contribution in [0.2, 0.25) is 0 Å². The van der Waals surface area contributed by atoms with Crippen LogP contribution >= 0.6 is 0 Å². The van der Waals surface area contributed by atoms with Crippen molar-refractivity contribution in [2.45, 2.75) is 32.7 Å². The first-order valence-electron chi connectivity index (χ1n) is 7.55. The summed E-state index contributed by atoms with van der Waals surface area (Å²) >= 11 is 0. The number of hydrogen-bond acceptors (Lipinski definition) is 5. The normalized spacial score (nSPS) is 19.3. The van der Waals surface area contributed by atoms with Gasteiger partial charge in [-0.15, -0.1) is 0 Å². The third kappa shape index (κ3) is 3.47. The maximum atomic E-state index is 12.4. The second-order valence-electron chi connectivity index (χ2n) is 5.75. The average molecular weight is 308 g/mol. The summed E-state index contributed by atoms with van der Waals surface area (Å²) in [5.41, 5.74) is 1.84. The third-order valence-electron chi connectivity index (χ3n) is 4.32. The standard InChI is InChI=1S/C15H24N4O3/c1-10-12(11(2)22-17-10)5-6-14(20)19-8-7-18(4)13(9-19)15(21)16-3/h13H,5-9H2,1-4H3,(H,16,21). The number of hydrogen-bond donors (Lipinski definition) is 1. The van der Waals surface area contributed by atoms with E-state index in [4.69, 9.17) is 4.52 Å². The molecule has 1 aromatic rings. The monoisotopic (exact) mass is 308 g/mol. The van der Waals surface area contributed by atoms with Crippen LogP contribution in [0.1, 0.15) is 23.4 Å². The number of nitrogens with one attached hydrogen (secondary N) is 1. The maximum Gasteiger partial charge on any atom is 0.238 e. The van der Waals surface area contributed by atoms with Crippen LogP contribution < -0.4 is 5.32 Å². The molecule has 122 valence electrons. The minimum Gasteiger partial charge on any atom is -0.361 e. The molecule has 0 spiro atoms. The lowest BCUT2D eigenvalue weighted by molar-refractivity contribution is -0.137. The van der Waals surface area contributed by atoms with Crippen LogP contribution in [0, 0.1) is 13.8 Å². The highest BCUT2D eigenvalue weighted by Gasteiger charge is 2.31. The Hall–Kier alpha value is -1.89. The average Bonchev–Trinajstić information content (AvgIpc) is 2.83. The summed E-state index contributed by atoms with van der Waals surface area (Å²) < 4.78 is 5.12. The molecule has 1 N–H and O–H groups in total. The minimum atomic E-state index is -0.276. The van der Waals surface area contributed by atoms with Crippen molar-refractivity contribution in [2.75, 3.05) is 33.7 Å². The van der Waals surface area contributed by atoms with Crippen molar-refractivity contribution < 1.29 is 14.1 Å². The molecule has 1 aromatic heterocycles. The summed E-state index contributed by atoms with van der Waals surface area (Å²) in [4.78, 5) is 28.0. The topological polar surface area (TPSA) is 78.7 Å². The molecule has 2 heterocycles. The molecule has 7 nitrogen and oxygen atoms in total. The fourth-order valence-corrected chi connectivity index (χ4v) is 2.80. The number of rotatable bonds is 4. The van der Waals surface area contributed by atoms with Gasteiger partial charge >= 0.3 is 0 Å². The first kappa shape index (κ1) is 16.5. The number of carbonyl (C=O) groups is 2. The largest absolute Gasteiger partial charge is 0.361 e. The molecule has 1 fully saturated rings. The van der Waals surface area contributed by atoms with E-state index in [1.54, 1.807) is 11.9 Å². The number of aromatic nitrogens is 1. The molecule has 2 rings (SSSR count). The zero-order valence-corrected chi connectivity index (χ0v) is 13.7. The van der Waals surface area contributed by atoms with Gasteiger partial charge < -0.3 is 14.7 Å². The summed E-state index contributed by atoms with van der Waals surface area (Å²) in [5, 5.41) is 6.56. The van der Waals surface area contributed by atoms with E-state index in [-0.39, 0.29) is 17.9 Å². The zero-order chi connectivity index (χ0) is 16.3. The van der Waals surface area contributed by atoms with E-state index in [9.17, 15) is 9.59 Å². The van der Waals surface area contributed by atoms with Crippen LogP contribution in [0.3, 0.4) is 0 Å². The molecule has 1 unspecified atom stereocenters. The van der Waals surface area contributed by atoms with Crippen LogP contribution in [0.15, 0.2) is 4.52 Å². The predicted octanol–water partition coefficient (Wildman–Crippen LogP) is 0.113. The van der Waals surface area contributed by atoms with E-state index in [2.05, 4.69) is 10.5 Å². The van der Waals surface area contributed by atoms with Gasteiger partial charge in [0.25, 0.3) is 0 Å². The Bertz CT molecular complexity index is 535. The van der Waals surface area contributed by atoms with Gasteiger partial charge in [-0.05, 0) is 27.3 Å². The van der Waals surface area contributed by atoms with Crippen LogP contribution in [0.4, 0.5) is 0 Å². The molecule has 1 aliphatic heterocycles. The second-order valence-corrected chi connectivity index (χ2v) is 5.75. The molecule has 0 bridgehead atoms. The van der Waals surface area contributed by atoms with E-state index in [0.717, 1.165) is 17.0 Å². The summed E-state index contributed by atoms with van der Waals surface area (Å²) in [6.07, 6.45) is 1.03. The predicted molar refractivity (Wildman–Crippen MR) is 81.4 cm³/mol. The van der Waals surface area contributed by atoms with E-state index >= 15 is 0 Å². The Balaban J connectivity index is 1.94. The van der Waals surface area contributed by atoms with Crippen molar-refractivity contribution in [1.29, 1.82) is 0 Å². The Morgan fingerprint density at radius 1 is 1.36 bits per heavy atom. The summed E-state index contributed by atoms with van der Waals surface area (Å²) in [6.45, 7) is 5.54. The molecule has 2 amide bonds. The number of aryl methyl sites for hydroxylation is 2. The first-order chi connectivity index (χ1) is 10.4. The third-order valence-corrected chi connectivity index (χ3v) is 4.32. The highest BCUT2D eigenvalue weighted by atomic mass is 16.5. The second kappa shape index (κ2) is 6.91. The maximum absolute atomic E-state index is 12.4. The summed E-state index contributed by atoms with van der Waals surface area (Å²) in [6, 6.07) is -0.276. The Labute approximate surface area is 130 Å². The molecule has 0 aromatic carbocycles. The van der Waals surface area contributed by atoms with E-state index in [0.29, 0.717) is 32.5 Å². The van der Waals surface area contributed by atoms with Gasteiger partial charge in [-0.2, -0.15) is 0 Å². The molecule has 0 aliphatic carbocycles. The van der Waals surface area contributed by atoms with E-state index in [1.807, 2.05) is 25.8 Å². The lowest BCUT2D eigenvalue weighted by Gasteiger charge is -2.38. The van der Waals surface area contributed by atoms with Crippen LogP contribution in [0.5, 0.6) is 0 Å². The van der Waals surface area contributed by atoms with Crippen molar-refractivity contribution in [3.05, 3.63) is 17.0 Å². The minimum absolute atomic E-state index is 0.0503. The van der Waals surface area contributed by atoms with Crippen LogP contribution in [-0.4, -0.2) is 66.5 Å². The highest BCUT2D eigenvalue weighted by molar-refractivity contribution is 5.83. The van der Waals surface area contributed by atoms with Gasteiger partial charge in [-0.25, -0.2) is 0 Å². The van der Waals surface area contributed by atoms with Gasteiger partial charge in [0, 0.05) is 38.7 Å². The number of nitrogens with zero attached hydrogens (tertiary/aromatic N) is 3. The van der Waals surface area contributed by atoms with Gasteiger partial charge in [0.2, 0.25) is 11.8 Å². The van der Waals surface area contributed by atoms with Crippen molar-refractivity contribution in [2.24, 2.45) is 0 Å². The van der Waals surface area contributed by atoms with Gasteiger partial charge in [0.15, 0.2) is 0 Å². The van der Waals surface area contributed by atoms with Crippen molar-refractivity contribution in [1.82, 2.24) is 20.3 Å². The lowest BCUT2D eigenvalue weighted by atomic mass is 10.1. The molecule has 1 aliphatic rings. The molecule has 0 radical (unpaired) electrons. The van der Waals surface area contributed by atoms with E-state index < -0.39 is 0 Å². The SMILES string of the molecule is CNC(=O)C1CN(C(=O)CCc2c(C)noc2C)CCN1C. The fraction of sp³-hybridized carbons (Fsp3) is 0.667. The van der Waals surface area contributed by atoms with Crippen molar-refractivity contribution in [3.63, 3.8) is 0 Å². The zero-order valence-electron chi connectivity index (χ0n) is 13.7. The number of carbonyl (C=O) groups excluding carboxylic acids is 2. The molecular formula is C15H24N4O3. The first-order valence-corrected chi connectivity index (χ1v) is 7.55. The van der Waals surface area contributed by atoms with Gasteiger partial charge in [0.05, 0.1) is 5.69 Å². The number of likely N-dealkylation sites (N-methyl/N-ethyl adjacent to an activating group) is 2. The fourth-order valence-electron chi connectivity index (χ4n) is 2.80. The van der Waals surface area contributed by atoms with Crippen molar-refractivity contribution >= 4 is 11.8 Å². The van der Waals surface area contributed by atoms with E-state index in [1.165, 1.54) is 0 Å². The quantitative estimate of drug-likeness (QED) is 0.854. The van der Waals surface area contributed by atoms with Crippen LogP contribution in [-0.2, 0) is 16.0 Å². The van der Waals surface area contributed by atoms with Crippen LogP contribution in [0.25, 0.3) is 0 Å². The van der Waals surface area contributed by atoms with Crippen molar-refractivity contribution in [3.8, 4) is 0 Å².